The number of fused-ring (bicyclic) bond motifs is 2. The van der Waals surface area contributed by atoms with E-state index in [4.69, 9.17) is 21.1 Å². The van der Waals surface area contributed by atoms with Gasteiger partial charge in [-0.3, -0.25) is 9.59 Å². The summed E-state index contributed by atoms with van der Waals surface area (Å²) in [6, 6.07) is 11.9. The van der Waals surface area contributed by atoms with Crippen LogP contribution < -0.4 is 20.1 Å². The van der Waals surface area contributed by atoms with Gasteiger partial charge in [-0.25, -0.2) is 4.68 Å². The summed E-state index contributed by atoms with van der Waals surface area (Å²) in [5.74, 6) is 1.28. The maximum Gasteiger partial charge on any atom is 0.251 e. The highest BCUT2D eigenvalue weighted by Gasteiger charge is 2.36. The van der Waals surface area contributed by atoms with Crippen molar-refractivity contribution in [3.05, 3.63) is 53.2 Å². The van der Waals surface area contributed by atoms with Gasteiger partial charge in [-0.05, 0) is 36.2 Å². The SMILES string of the molecule is CCc1nn2c(c1-c1ccc(Cl)cc1)NC(=O)C2CC(=O)Nc1ccc2c(c1)OCCO2. The quantitative estimate of drug-likeness (QED) is 0.608. The van der Waals surface area contributed by atoms with Gasteiger partial charge in [-0.2, -0.15) is 5.10 Å². The predicted molar refractivity (Wildman–Crippen MR) is 120 cm³/mol. The van der Waals surface area contributed by atoms with Crippen molar-refractivity contribution >= 4 is 34.9 Å². The minimum atomic E-state index is -0.728. The first-order chi connectivity index (χ1) is 15.5. The van der Waals surface area contributed by atoms with Gasteiger partial charge in [0.25, 0.3) is 5.91 Å². The van der Waals surface area contributed by atoms with Crippen LogP contribution in [0.2, 0.25) is 5.02 Å². The number of hydrogen-bond acceptors (Lipinski definition) is 5. The van der Waals surface area contributed by atoms with Crippen LogP contribution in [0.1, 0.15) is 25.1 Å². The molecular formula is C23H21ClN4O4. The van der Waals surface area contributed by atoms with E-state index < -0.39 is 6.04 Å². The summed E-state index contributed by atoms with van der Waals surface area (Å²) in [7, 11) is 0. The molecule has 2 aliphatic rings. The van der Waals surface area contributed by atoms with E-state index in [1.165, 1.54) is 0 Å². The van der Waals surface area contributed by atoms with Crippen LogP contribution in [-0.2, 0) is 16.0 Å². The third-order valence-electron chi connectivity index (χ3n) is 5.49. The smallest absolute Gasteiger partial charge is 0.251 e. The number of anilines is 2. The number of carbonyl (C=O) groups excluding carboxylic acids is 2. The Balaban J connectivity index is 1.37. The molecule has 2 aromatic carbocycles. The number of halogens is 1. The number of hydrogen-bond donors (Lipinski definition) is 2. The van der Waals surface area contributed by atoms with Crippen molar-refractivity contribution in [1.29, 1.82) is 0 Å². The Morgan fingerprint density at radius 2 is 1.94 bits per heavy atom. The van der Waals surface area contributed by atoms with E-state index in [1.54, 1.807) is 35.0 Å². The average molecular weight is 453 g/mol. The van der Waals surface area contributed by atoms with E-state index in [-0.39, 0.29) is 18.2 Å². The summed E-state index contributed by atoms with van der Waals surface area (Å²) in [6.07, 6.45) is 0.641. The lowest BCUT2D eigenvalue weighted by Gasteiger charge is -2.19. The molecule has 8 nitrogen and oxygen atoms in total. The summed E-state index contributed by atoms with van der Waals surface area (Å²) >= 11 is 6.02. The van der Waals surface area contributed by atoms with Gasteiger partial charge in [-0.15, -0.1) is 0 Å². The van der Waals surface area contributed by atoms with Gasteiger partial charge in [-0.1, -0.05) is 30.7 Å². The molecule has 1 atom stereocenters. The number of amides is 2. The molecule has 0 saturated heterocycles. The van der Waals surface area contributed by atoms with Crippen LogP contribution >= 0.6 is 11.6 Å². The summed E-state index contributed by atoms with van der Waals surface area (Å²) in [4.78, 5) is 25.4. The van der Waals surface area contributed by atoms with Gasteiger partial charge in [0.05, 0.1) is 12.1 Å². The summed E-state index contributed by atoms with van der Waals surface area (Å²) in [5, 5.41) is 11.0. The molecule has 2 aliphatic heterocycles. The highest BCUT2D eigenvalue weighted by molar-refractivity contribution is 6.30. The van der Waals surface area contributed by atoms with E-state index in [0.717, 1.165) is 16.8 Å². The van der Waals surface area contributed by atoms with Crippen LogP contribution in [0.5, 0.6) is 11.5 Å². The van der Waals surface area contributed by atoms with Gasteiger partial charge in [0.2, 0.25) is 5.91 Å². The fourth-order valence-corrected chi connectivity index (χ4v) is 4.12. The summed E-state index contributed by atoms with van der Waals surface area (Å²) in [5.41, 5.74) is 3.19. The first-order valence-electron chi connectivity index (χ1n) is 10.4. The van der Waals surface area contributed by atoms with Crippen LogP contribution in [-0.4, -0.2) is 34.8 Å². The Bertz CT molecular complexity index is 1210. The Morgan fingerprint density at radius 3 is 2.69 bits per heavy atom. The lowest BCUT2D eigenvalue weighted by atomic mass is 10.0. The van der Waals surface area contributed by atoms with Crippen molar-refractivity contribution in [2.45, 2.75) is 25.8 Å². The van der Waals surface area contributed by atoms with Crippen LogP contribution in [0.15, 0.2) is 42.5 Å². The second kappa shape index (κ2) is 8.20. The van der Waals surface area contributed by atoms with Crippen molar-refractivity contribution in [1.82, 2.24) is 9.78 Å². The lowest BCUT2D eigenvalue weighted by molar-refractivity contribution is -0.123. The topological polar surface area (TPSA) is 94.5 Å². The fourth-order valence-electron chi connectivity index (χ4n) is 3.99. The van der Waals surface area contributed by atoms with Crippen molar-refractivity contribution in [3.63, 3.8) is 0 Å². The summed E-state index contributed by atoms with van der Waals surface area (Å²) in [6.45, 7) is 2.97. The highest BCUT2D eigenvalue weighted by atomic mass is 35.5. The van der Waals surface area contributed by atoms with Crippen LogP contribution in [0.4, 0.5) is 11.5 Å². The molecule has 0 radical (unpaired) electrons. The molecule has 0 bridgehead atoms. The number of aromatic nitrogens is 2. The number of aryl methyl sites for hydroxylation is 1. The maximum absolute atomic E-state index is 12.7. The van der Waals surface area contributed by atoms with Gasteiger partial charge < -0.3 is 20.1 Å². The van der Waals surface area contributed by atoms with Crippen molar-refractivity contribution in [2.24, 2.45) is 0 Å². The maximum atomic E-state index is 12.7. The molecule has 32 heavy (non-hydrogen) atoms. The minimum absolute atomic E-state index is 0.0435. The molecule has 0 spiro atoms. The number of nitrogens with zero attached hydrogens (tertiary/aromatic N) is 2. The average Bonchev–Trinajstić information content (AvgIpc) is 3.29. The standard InChI is InChI=1S/C23H21ClN4O4/c1-2-16-21(13-3-5-14(24)6-4-13)22-26-23(30)17(28(22)27-16)12-20(29)25-15-7-8-18-19(11-15)32-10-9-31-18/h3-8,11,17H,2,9-10,12H2,1H3,(H,25,29)(H,26,30). The predicted octanol–water partition coefficient (Wildman–Crippen LogP) is 4.06. The van der Waals surface area contributed by atoms with Crippen molar-refractivity contribution in [2.75, 3.05) is 23.8 Å². The molecule has 0 saturated carbocycles. The molecular weight excluding hydrogens is 432 g/mol. The lowest BCUT2D eigenvalue weighted by Crippen LogP contribution is -2.24. The number of carbonyl (C=O) groups is 2. The molecule has 0 fully saturated rings. The van der Waals surface area contributed by atoms with Gasteiger partial charge >= 0.3 is 0 Å². The van der Waals surface area contributed by atoms with E-state index in [2.05, 4.69) is 15.7 Å². The van der Waals surface area contributed by atoms with E-state index in [0.29, 0.717) is 47.7 Å². The van der Waals surface area contributed by atoms with E-state index in [9.17, 15) is 9.59 Å². The molecule has 0 aliphatic carbocycles. The first-order valence-corrected chi connectivity index (χ1v) is 10.8. The third kappa shape index (κ3) is 3.67. The molecule has 9 heteroatoms. The minimum Gasteiger partial charge on any atom is -0.486 e. The van der Waals surface area contributed by atoms with E-state index >= 15 is 0 Å². The third-order valence-corrected chi connectivity index (χ3v) is 5.75. The fraction of sp³-hybridized carbons (Fsp3) is 0.261. The number of nitrogens with one attached hydrogen (secondary N) is 2. The van der Waals surface area contributed by atoms with Gasteiger partial charge in [0, 0.05) is 22.3 Å². The molecule has 5 rings (SSSR count). The molecule has 3 aromatic rings. The largest absolute Gasteiger partial charge is 0.486 e. The van der Waals surface area contributed by atoms with Crippen LogP contribution in [0, 0.1) is 0 Å². The Labute approximate surface area is 189 Å². The van der Waals surface area contributed by atoms with Crippen molar-refractivity contribution < 1.29 is 19.1 Å². The molecule has 3 heterocycles. The Hall–Kier alpha value is -3.52. The van der Waals surface area contributed by atoms with E-state index in [1.807, 2.05) is 19.1 Å². The zero-order valence-corrected chi connectivity index (χ0v) is 18.1. The van der Waals surface area contributed by atoms with Crippen molar-refractivity contribution in [3.8, 4) is 22.6 Å². The normalized spacial score (nSPS) is 16.4. The monoisotopic (exact) mass is 452 g/mol. The molecule has 1 unspecified atom stereocenters. The number of ether oxygens (including phenoxy) is 2. The van der Waals surface area contributed by atoms with Crippen LogP contribution in [0.3, 0.4) is 0 Å². The second-order valence-corrected chi connectivity index (χ2v) is 8.03. The molecule has 1 aromatic heterocycles. The molecule has 164 valence electrons. The molecule has 2 amide bonds. The van der Waals surface area contributed by atoms with Crippen LogP contribution in [0.25, 0.3) is 11.1 Å². The van der Waals surface area contributed by atoms with Gasteiger partial charge in [0.15, 0.2) is 11.5 Å². The number of benzene rings is 2. The highest BCUT2D eigenvalue weighted by Crippen LogP contribution is 2.39. The Morgan fingerprint density at radius 1 is 1.19 bits per heavy atom. The first kappa shape index (κ1) is 20.4. The number of rotatable bonds is 5. The zero-order valence-electron chi connectivity index (χ0n) is 17.4. The zero-order chi connectivity index (χ0) is 22.2. The summed E-state index contributed by atoms with van der Waals surface area (Å²) < 4.78 is 12.7. The van der Waals surface area contributed by atoms with Gasteiger partial charge in [0.1, 0.15) is 25.1 Å². The Kier molecular flexibility index (Phi) is 5.22. The molecule has 2 N–H and O–H groups in total. The second-order valence-electron chi connectivity index (χ2n) is 7.59.